The number of carbonyl (C=O) groups is 12. The van der Waals surface area contributed by atoms with Crippen molar-refractivity contribution in [3.8, 4) is 0 Å². The van der Waals surface area contributed by atoms with Gasteiger partial charge in [-0.05, 0) is 93.4 Å². The van der Waals surface area contributed by atoms with Crippen molar-refractivity contribution in [3.05, 3.63) is 108 Å². The van der Waals surface area contributed by atoms with Crippen molar-refractivity contribution in [2.45, 2.75) is 179 Å². The van der Waals surface area contributed by atoms with Crippen LogP contribution in [0.1, 0.15) is 116 Å². The van der Waals surface area contributed by atoms with Gasteiger partial charge in [-0.2, -0.15) is 0 Å². The van der Waals surface area contributed by atoms with Gasteiger partial charge < -0.3 is 86.1 Å². The fraction of sp³-hybridized carbons (Fsp3) is 0.508. The van der Waals surface area contributed by atoms with Crippen molar-refractivity contribution in [1.82, 2.24) is 47.9 Å². The van der Waals surface area contributed by atoms with Gasteiger partial charge in [0, 0.05) is 25.8 Å². The first-order valence-corrected chi connectivity index (χ1v) is 30.6. The van der Waals surface area contributed by atoms with Crippen LogP contribution >= 0.6 is 0 Å². The van der Waals surface area contributed by atoms with E-state index in [1.807, 2.05) is 32.0 Å². The third kappa shape index (κ3) is 28.5. The average Bonchev–Trinajstić information content (AvgIpc) is 0.989. The minimum atomic E-state index is -2.03. The lowest BCUT2D eigenvalue weighted by Crippen LogP contribution is -2.61. The number of amides is 9. The predicted octanol–water partition coefficient (Wildman–Crippen LogP) is -0.876. The van der Waals surface area contributed by atoms with Gasteiger partial charge in [-0.3, -0.25) is 62.5 Å². The quantitative estimate of drug-likeness (QED) is 0.0186. The maximum absolute atomic E-state index is 14.6. The highest BCUT2D eigenvalue weighted by atomic mass is 16.4. The zero-order valence-electron chi connectivity index (χ0n) is 52.7. The lowest BCUT2D eigenvalue weighted by atomic mass is 9.95. The van der Waals surface area contributed by atoms with Crippen LogP contribution in [0.4, 0.5) is 0 Å². The van der Waals surface area contributed by atoms with E-state index in [-0.39, 0.29) is 76.3 Å². The van der Waals surface area contributed by atoms with E-state index in [1.54, 1.807) is 86.6 Å². The SMILES string of the molecule is CC[C@H](C)[C@H](NC(=O)[C@H](CC(C)C)NC(=O)[C@@H](N)Cc1ccccc1)C(=O)N[C@@H](Cc1ccccc1)C(=O)N[C@@H](CCC(=O)O)C(=O)N[C@@H](CC(=O)O)C(=O)N[C@@H](CCCN=C(N)N)C(=O)N[C@@H](CCCCN)C(=O)N[C@@H](Cc1ccccc1)C(=O)N[C@@H](C)C(=O)O. The topological polar surface area (TPSA) is 490 Å². The Labute approximate surface area is 534 Å². The molecule has 0 saturated carbocycles. The molecule has 0 fully saturated rings. The van der Waals surface area contributed by atoms with Crippen molar-refractivity contribution in [2.24, 2.45) is 39.8 Å². The Kier molecular flexibility index (Phi) is 33.6. The minimum absolute atomic E-state index is 0.00653. The number of unbranched alkanes of at least 4 members (excludes halogenated alkanes) is 1. The van der Waals surface area contributed by atoms with E-state index in [0.717, 1.165) is 5.56 Å². The number of rotatable bonds is 42. The van der Waals surface area contributed by atoms with Gasteiger partial charge in [-0.15, -0.1) is 0 Å². The normalized spacial score (nSPS) is 14.6. The lowest BCUT2D eigenvalue weighted by Gasteiger charge is -2.30. The van der Waals surface area contributed by atoms with E-state index >= 15 is 0 Å². The molecule has 3 aromatic rings. The van der Waals surface area contributed by atoms with Crippen LogP contribution in [0.3, 0.4) is 0 Å². The lowest BCUT2D eigenvalue weighted by molar-refractivity contribution is -0.142. The van der Waals surface area contributed by atoms with E-state index in [1.165, 1.54) is 6.92 Å². The van der Waals surface area contributed by atoms with Crippen molar-refractivity contribution >= 4 is 77.0 Å². The maximum atomic E-state index is 14.6. The number of carbonyl (C=O) groups excluding carboxylic acids is 9. The number of nitrogens with one attached hydrogen (secondary N) is 9. The number of guanidine groups is 1. The van der Waals surface area contributed by atoms with Crippen LogP contribution in [0.5, 0.6) is 0 Å². The number of nitrogens with two attached hydrogens (primary N) is 4. The molecule has 29 heteroatoms. The summed E-state index contributed by atoms with van der Waals surface area (Å²) in [5, 5.41) is 52.2. The number of carboxylic acids is 3. The van der Waals surface area contributed by atoms with Gasteiger partial charge in [-0.1, -0.05) is 125 Å². The van der Waals surface area contributed by atoms with Gasteiger partial charge in [-0.25, -0.2) is 0 Å². The molecule has 3 rings (SSSR count). The van der Waals surface area contributed by atoms with Crippen molar-refractivity contribution in [3.63, 3.8) is 0 Å². The third-order valence-electron chi connectivity index (χ3n) is 14.8. The number of hydrogen-bond acceptors (Lipinski definition) is 15. The summed E-state index contributed by atoms with van der Waals surface area (Å²) < 4.78 is 0. The molecule has 0 radical (unpaired) electrons. The number of aliphatic carboxylic acids is 3. The van der Waals surface area contributed by atoms with Crippen LogP contribution < -0.4 is 70.8 Å². The van der Waals surface area contributed by atoms with Crippen LogP contribution in [0, 0.1) is 11.8 Å². The molecule has 29 nitrogen and oxygen atoms in total. The van der Waals surface area contributed by atoms with Gasteiger partial charge in [0.05, 0.1) is 12.5 Å². The third-order valence-corrected chi connectivity index (χ3v) is 14.8. The van der Waals surface area contributed by atoms with Crippen molar-refractivity contribution in [1.29, 1.82) is 0 Å². The molecule has 0 aliphatic rings. The van der Waals surface area contributed by atoms with Gasteiger partial charge in [0.2, 0.25) is 53.2 Å². The van der Waals surface area contributed by atoms with Crippen molar-refractivity contribution < 1.29 is 72.9 Å². The molecular weight excluding hydrogens is 1190 g/mol. The summed E-state index contributed by atoms with van der Waals surface area (Å²) in [4.78, 5) is 168. The highest BCUT2D eigenvalue weighted by Gasteiger charge is 2.37. The molecule has 0 spiro atoms. The molecule has 11 atom stereocenters. The van der Waals surface area contributed by atoms with Gasteiger partial charge in [0.15, 0.2) is 5.96 Å². The molecule has 0 aliphatic carbocycles. The summed E-state index contributed by atoms with van der Waals surface area (Å²) in [6, 6.07) is 11.2. The Morgan fingerprint density at radius 1 is 0.457 bits per heavy atom. The molecule has 0 bridgehead atoms. The van der Waals surface area contributed by atoms with E-state index in [2.05, 4.69) is 52.8 Å². The highest BCUT2D eigenvalue weighted by molar-refractivity contribution is 5.99. The average molecular weight is 1290 g/mol. The first-order valence-electron chi connectivity index (χ1n) is 30.6. The number of benzene rings is 3. The fourth-order valence-electron chi connectivity index (χ4n) is 9.47. The first kappa shape index (κ1) is 76.7. The zero-order chi connectivity index (χ0) is 68.5. The van der Waals surface area contributed by atoms with Crippen LogP contribution in [0.25, 0.3) is 0 Å². The Morgan fingerprint density at radius 3 is 1.30 bits per heavy atom. The van der Waals surface area contributed by atoms with E-state index < -0.39 is 157 Å². The molecule has 92 heavy (non-hydrogen) atoms. The molecular formula is C63H92N14O15. The molecule has 0 heterocycles. The van der Waals surface area contributed by atoms with Crippen LogP contribution in [0.15, 0.2) is 96.0 Å². The minimum Gasteiger partial charge on any atom is -0.481 e. The van der Waals surface area contributed by atoms with Crippen LogP contribution in [-0.4, -0.2) is 166 Å². The Hall–Kier alpha value is -9.51. The fourth-order valence-corrected chi connectivity index (χ4v) is 9.47. The smallest absolute Gasteiger partial charge is 0.325 e. The summed E-state index contributed by atoms with van der Waals surface area (Å²) in [5.41, 5.74) is 25.0. The van der Waals surface area contributed by atoms with Crippen LogP contribution in [0.2, 0.25) is 0 Å². The number of hydrogen-bond donors (Lipinski definition) is 16. The Bertz CT molecular complexity index is 2960. The van der Waals surface area contributed by atoms with E-state index in [9.17, 15) is 72.9 Å². The number of carboxylic acid groups (broad SMARTS) is 3. The monoisotopic (exact) mass is 1280 g/mol. The van der Waals surface area contributed by atoms with Gasteiger partial charge in [0.25, 0.3) is 0 Å². The summed E-state index contributed by atoms with van der Waals surface area (Å²) >= 11 is 0. The second-order valence-corrected chi connectivity index (χ2v) is 22.9. The molecule has 0 aliphatic heterocycles. The molecule has 0 unspecified atom stereocenters. The molecule has 9 amide bonds. The molecule has 504 valence electrons. The summed E-state index contributed by atoms with van der Waals surface area (Å²) in [5.74, 6) is -13.9. The largest absolute Gasteiger partial charge is 0.481 e. The zero-order valence-corrected chi connectivity index (χ0v) is 52.7. The number of aliphatic imine (C=N–C) groups is 1. The maximum Gasteiger partial charge on any atom is 0.325 e. The molecule has 0 aromatic heterocycles. The predicted molar refractivity (Wildman–Crippen MR) is 340 cm³/mol. The summed E-state index contributed by atoms with van der Waals surface area (Å²) in [6.07, 6.45) is -1.87. The van der Waals surface area contributed by atoms with Gasteiger partial charge >= 0.3 is 17.9 Å². The van der Waals surface area contributed by atoms with Gasteiger partial charge in [0.1, 0.15) is 54.4 Å². The van der Waals surface area contributed by atoms with Crippen LogP contribution in [-0.2, 0) is 76.8 Å². The molecule has 20 N–H and O–H groups in total. The Morgan fingerprint density at radius 2 is 0.859 bits per heavy atom. The summed E-state index contributed by atoms with van der Waals surface area (Å²) in [7, 11) is 0. The Balaban J connectivity index is 1.98. The van der Waals surface area contributed by atoms with E-state index in [4.69, 9.17) is 22.9 Å². The molecule has 0 saturated heterocycles. The second-order valence-electron chi connectivity index (χ2n) is 22.9. The second kappa shape index (κ2) is 40.3. The standard InChI is InChI=1S/C63H92N14O15/c1-6-37(4)52(77-60(89)46(31-36(2)3)73-53(82)42(65)32-39-19-10-7-11-20-39)61(90)76-48(34-41-23-14-9-15-24-41)58(87)72-45(27-28-50(78)79)56(85)75-49(35-51(80)81)59(88)71-44(26-18-30-68-63(66)67)54(83)70-43(25-16-17-29-64)55(84)74-47(33-40-21-12-8-13-22-40)57(86)69-38(5)62(91)92/h7-15,19-24,36-38,42-49,52H,6,16-18,25-35,64-65H2,1-5H3,(H,69,86)(H,70,83)(H,71,88)(H,72,87)(H,73,82)(H,74,84)(H,75,85)(H,76,90)(H,77,89)(H,78,79)(H,80,81)(H,91,92)(H4,66,67,68)/t37-,38-,42-,43-,44-,45-,46-,47-,48-,49-,52-/m0/s1. The molecule has 3 aromatic carbocycles. The summed E-state index contributed by atoms with van der Waals surface area (Å²) in [6.45, 7) is 8.45. The van der Waals surface area contributed by atoms with E-state index in [0.29, 0.717) is 24.0 Å². The highest BCUT2D eigenvalue weighted by Crippen LogP contribution is 2.15. The number of nitrogens with zero attached hydrogens (tertiary/aromatic N) is 1. The van der Waals surface area contributed by atoms with Crippen molar-refractivity contribution in [2.75, 3.05) is 13.1 Å². The first-order chi connectivity index (χ1) is 43.6.